The van der Waals surface area contributed by atoms with Gasteiger partial charge in [-0.2, -0.15) is 0 Å². The average Bonchev–Trinajstić information content (AvgIpc) is 2.98. The minimum absolute atomic E-state index is 0.0478. The van der Waals surface area contributed by atoms with Crippen LogP contribution in [0.5, 0.6) is 0 Å². The Morgan fingerprint density at radius 1 is 1.42 bits per heavy atom. The molecule has 0 radical (unpaired) electrons. The van der Waals surface area contributed by atoms with E-state index in [1.807, 2.05) is 37.3 Å². The molecule has 1 aromatic carbocycles. The number of carbonyl (C=O) groups is 1. The van der Waals surface area contributed by atoms with Gasteiger partial charge >= 0.3 is 0 Å². The Bertz CT molecular complexity index is 398. The van der Waals surface area contributed by atoms with Crippen LogP contribution < -0.4 is 5.32 Å². The molecule has 3 nitrogen and oxygen atoms in total. The first kappa shape index (κ1) is 14.1. The molecule has 1 N–H and O–H groups in total. The van der Waals surface area contributed by atoms with Crippen molar-refractivity contribution in [3.8, 4) is 0 Å². The van der Waals surface area contributed by atoms with E-state index in [9.17, 15) is 4.79 Å². The van der Waals surface area contributed by atoms with Gasteiger partial charge in [0.15, 0.2) is 0 Å². The highest BCUT2D eigenvalue weighted by atomic mass is 16.2. The lowest BCUT2D eigenvalue weighted by molar-refractivity contribution is -0.134. The predicted molar refractivity (Wildman–Crippen MR) is 78.1 cm³/mol. The molecule has 104 valence electrons. The number of hydrogen-bond acceptors (Lipinski definition) is 2. The van der Waals surface area contributed by atoms with Gasteiger partial charge in [-0.15, -0.1) is 0 Å². The van der Waals surface area contributed by atoms with Crippen molar-refractivity contribution in [2.24, 2.45) is 0 Å². The third-order valence-corrected chi connectivity index (χ3v) is 3.89. The molecule has 1 aliphatic heterocycles. The smallest absolute Gasteiger partial charge is 0.230 e. The Kier molecular flexibility index (Phi) is 4.97. The summed E-state index contributed by atoms with van der Waals surface area (Å²) in [6, 6.07) is 10.4. The van der Waals surface area contributed by atoms with Crippen LogP contribution in [0.4, 0.5) is 0 Å². The maximum Gasteiger partial charge on any atom is 0.230 e. The first-order valence-corrected chi connectivity index (χ1v) is 7.30. The summed E-state index contributed by atoms with van der Waals surface area (Å²) in [5.41, 5.74) is 1.11. The van der Waals surface area contributed by atoms with Crippen LogP contribution in [-0.2, 0) is 4.79 Å². The lowest BCUT2D eigenvalue weighted by Crippen LogP contribution is -2.44. The molecule has 19 heavy (non-hydrogen) atoms. The van der Waals surface area contributed by atoms with Crippen LogP contribution in [0.2, 0.25) is 0 Å². The normalized spacial score (nSPS) is 20.2. The van der Waals surface area contributed by atoms with Gasteiger partial charge in [0.1, 0.15) is 0 Å². The van der Waals surface area contributed by atoms with E-state index < -0.39 is 0 Å². The molecule has 0 saturated carbocycles. The highest BCUT2D eigenvalue weighted by Gasteiger charge is 2.29. The fourth-order valence-electron chi connectivity index (χ4n) is 2.75. The van der Waals surface area contributed by atoms with Crippen LogP contribution in [0.3, 0.4) is 0 Å². The van der Waals surface area contributed by atoms with Crippen molar-refractivity contribution < 1.29 is 4.79 Å². The second kappa shape index (κ2) is 6.71. The third kappa shape index (κ3) is 3.35. The average molecular weight is 260 g/mol. The van der Waals surface area contributed by atoms with E-state index >= 15 is 0 Å². The molecule has 0 aliphatic carbocycles. The van der Waals surface area contributed by atoms with Crippen LogP contribution in [0, 0.1) is 0 Å². The van der Waals surface area contributed by atoms with Gasteiger partial charge in [-0.1, -0.05) is 37.3 Å². The Morgan fingerprint density at radius 2 is 2.16 bits per heavy atom. The van der Waals surface area contributed by atoms with E-state index in [0.29, 0.717) is 6.04 Å². The van der Waals surface area contributed by atoms with E-state index in [-0.39, 0.29) is 11.8 Å². The molecular formula is C16H24N2O. The Balaban J connectivity index is 2.10. The highest BCUT2D eigenvalue weighted by Crippen LogP contribution is 2.21. The zero-order valence-electron chi connectivity index (χ0n) is 11.9. The van der Waals surface area contributed by atoms with Gasteiger partial charge in [0.25, 0.3) is 0 Å². The number of nitrogens with one attached hydrogen (secondary N) is 1. The number of carbonyl (C=O) groups excluding carboxylic acids is 1. The third-order valence-electron chi connectivity index (χ3n) is 3.89. The molecular weight excluding hydrogens is 236 g/mol. The molecule has 1 aromatic rings. The summed E-state index contributed by atoms with van der Waals surface area (Å²) in [4.78, 5) is 14.8. The van der Waals surface area contributed by atoms with Gasteiger partial charge in [0, 0.05) is 19.1 Å². The Morgan fingerprint density at radius 3 is 2.74 bits per heavy atom. The van der Waals surface area contributed by atoms with Gasteiger partial charge in [-0.3, -0.25) is 4.79 Å². The minimum atomic E-state index is -0.0478. The van der Waals surface area contributed by atoms with Gasteiger partial charge in [-0.05, 0) is 31.9 Å². The molecule has 1 fully saturated rings. The van der Waals surface area contributed by atoms with Crippen molar-refractivity contribution in [1.82, 2.24) is 10.2 Å². The molecule has 0 aromatic heterocycles. The standard InChI is InChI=1S/C16H24N2O/c1-3-11-18(15-9-10-17-12-15)16(19)13(2)14-7-5-4-6-8-14/h4-8,13,15,17H,3,9-12H2,1-2H3. The van der Waals surface area contributed by atoms with Gasteiger partial charge < -0.3 is 10.2 Å². The first-order valence-electron chi connectivity index (χ1n) is 7.30. The Labute approximate surface area is 116 Å². The van der Waals surface area contributed by atoms with Crippen LogP contribution in [0.1, 0.15) is 38.2 Å². The molecule has 0 bridgehead atoms. The van der Waals surface area contributed by atoms with Crippen molar-refractivity contribution in [1.29, 1.82) is 0 Å². The van der Waals surface area contributed by atoms with Crippen molar-refractivity contribution in [3.63, 3.8) is 0 Å². The van der Waals surface area contributed by atoms with Crippen molar-refractivity contribution in [2.45, 2.75) is 38.6 Å². The van der Waals surface area contributed by atoms with E-state index in [0.717, 1.165) is 38.0 Å². The molecule has 2 unspecified atom stereocenters. The summed E-state index contributed by atoms with van der Waals surface area (Å²) < 4.78 is 0. The minimum Gasteiger partial charge on any atom is -0.338 e. The molecule has 2 rings (SSSR count). The van der Waals surface area contributed by atoms with Crippen LogP contribution in [-0.4, -0.2) is 36.5 Å². The zero-order valence-corrected chi connectivity index (χ0v) is 11.9. The van der Waals surface area contributed by atoms with E-state index in [4.69, 9.17) is 0 Å². The predicted octanol–water partition coefficient (Wildman–Crippen LogP) is 2.39. The summed E-state index contributed by atoms with van der Waals surface area (Å²) in [6.45, 7) is 6.98. The van der Waals surface area contributed by atoms with Crippen LogP contribution >= 0.6 is 0 Å². The Hall–Kier alpha value is -1.35. The largest absolute Gasteiger partial charge is 0.338 e. The maximum absolute atomic E-state index is 12.7. The monoisotopic (exact) mass is 260 g/mol. The molecule has 1 amide bonds. The van der Waals surface area contributed by atoms with E-state index in [1.165, 1.54) is 0 Å². The van der Waals surface area contributed by atoms with Crippen molar-refractivity contribution in [3.05, 3.63) is 35.9 Å². The number of benzene rings is 1. The lowest BCUT2D eigenvalue weighted by atomic mass is 9.98. The highest BCUT2D eigenvalue weighted by molar-refractivity contribution is 5.83. The molecule has 1 heterocycles. The molecule has 1 aliphatic rings. The molecule has 1 saturated heterocycles. The quantitative estimate of drug-likeness (QED) is 0.881. The molecule has 2 atom stereocenters. The second-order valence-corrected chi connectivity index (χ2v) is 5.31. The number of rotatable bonds is 5. The number of nitrogens with zero attached hydrogens (tertiary/aromatic N) is 1. The zero-order chi connectivity index (χ0) is 13.7. The molecule has 3 heteroatoms. The lowest BCUT2D eigenvalue weighted by Gasteiger charge is -2.31. The summed E-state index contributed by atoms with van der Waals surface area (Å²) in [5.74, 6) is 0.218. The van der Waals surface area contributed by atoms with E-state index in [2.05, 4.69) is 17.1 Å². The van der Waals surface area contributed by atoms with Gasteiger partial charge in [0.2, 0.25) is 5.91 Å². The first-order chi connectivity index (χ1) is 9.24. The fraction of sp³-hybridized carbons (Fsp3) is 0.562. The number of hydrogen-bond donors (Lipinski definition) is 1. The summed E-state index contributed by atoms with van der Waals surface area (Å²) >= 11 is 0. The fourth-order valence-corrected chi connectivity index (χ4v) is 2.75. The summed E-state index contributed by atoms with van der Waals surface area (Å²) in [7, 11) is 0. The van der Waals surface area contributed by atoms with Gasteiger partial charge in [-0.25, -0.2) is 0 Å². The second-order valence-electron chi connectivity index (χ2n) is 5.31. The van der Waals surface area contributed by atoms with Crippen LogP contribution in [0.25, 0.3) is 0 Å². The van der Waals surface area contributed by atoms with E-state index in [1.54, 1.807) is 0 Å². The van der Waals surface area contributed by atoms with Crippen LogP contribution in [0.15, 0.2) is 30.3 Å². The summed E-state index contributed by atoms with van der Waals surface area (Å²) in [6.07, 6.45) is 2.09. The molecule has 0 spiro atoms. The number of amides is 1. The maximum atomic E-state index is 12.7. The topological polar surface area (TPSA) is 32.3 Å². The SMILES string of the molecule is CCCN(C(=O)C(C)c1ccccc1)C1CCNC1. The van der Waals surface area contributed by atoms with Crippen molar-refractivity contribution >= 4 is 5.91 Å². The summed E-state index contributed by atoms with van der Waals surface area (Å²) in [5, 5.41) is 3.35. The van der Waals surface area contributed by atoms with Gasteiger partial charge in [0.05, 0.1) is 5.92 Å². The van der Waals surface area contributed by atoms with Crippen molar-refractivity contribution in [2.75, 3.05) is 19.6 Å².